The lowest BCUT2D eigenvalue weighted by molar-refractivity contribution is 0.0204. The van der Waals surface area contributed by atoms with Gasteiger partial charge in [0.25, 0.3) is 0 Å². The van der Waals surface area contributed by atoms with Crippen LogP contribution in [0.25, 0.3) is 0 Å². The van der Waals surface area contributed by atoms with Crippen molar-refractivity contribution in [2.45, 2.75) is 63.7 Å². The van der Waals surface area contributed by atoms with Crippen molar-refractivity contribution in [3.8, 4) is 5.75 Å². The number of rotatable bonds is 6. The Kier molecular flexibility index (Phi) is 6.52. The van der Waals surface area contributed by atoms with E-state index in [0.29, 0.717) is 6.10 Å². The van der Waals surface area contributed by atoms with Crippen molar-refractivity contribution in [1.29, 1.82) is 0 Å². The van der Waals surface area contributed by atoms with Gasteiger partial charge in [-0.25, -0.2) is 0 Å². The van der Waals surface area contributed by atoms with Crippen LogP contribution >= 0.6 is 15.9 Å². The molecular weight excluding hydrogens is 330 g/mol. The number of hydrogen-bond acceptors (Lipinski definition) is 3. The van der Waals surface area contributed by atoms with E-state index in [-0.39, 0.29) is 12.1 Å². The molecule has 1 fully saturated rings. The van der Waals surface area contributed by atoms with Gasteiger partial charge in [-0.1, -0.05) is 19.1 Å². The van der Waals surface area contributed by atoms with Crippen molar-refractivity contribution in [3.63, 3.8) is 0 Å². The Morgan fingerprint density at radius 1 is 1.33 bits per heavy atom. The molecule has 4 heteroatoms. The van der Waals surface area contributed by atoms with Gasteiger partial charge in [-0.15, -0.1) is 0 Å². The molecule has 21 heavy (non-hydrogen) atoms. The van der Waals surface area contributed by atoms with Crippen LogP contribution in [0.2, 0.25) is 0 Å². The molecule has 0 aromatic heterocycles. The van der Waals surface area contributed by atoms with Gasteiger partial charge in [-0.2, -0.15) is 0 Å². The van der Waals surface area contributed by atoms with E-state index in [9.17, 15) is 0 Å². The number of nitrogens with two attached hydrogens (primary N) is 1. The fourth-order valence-electron chi connectivity index (χ4n) is 2.86. The minimum absolute atomic E-state index is 0.180. The van der Waals surface area contributed by atoms with Crippen LogP contribution in [-0.2, 0) is 11.2 Å². The summed E-state index contributed by atoms with van der Waals surface area (Å²) in [6.45, 7) is 2.12. The maximum atomic E-state index is 6.31. The van der Waals surface area contributed by atoms with E-state index >= 15 is 0 Å². The van der Waals surface area contributed by atoms with Crippen molar-refractivity contribution < 1.29 is 9.47 Å². The fourth-order valence-corrected chi connectivity index (χ4v) is 3.36. The van der Waals surface area contributed by atoms with Gasteiger partial charge in [0.15, 0.2) is 0 Å². The van der Waals surface area contributed by atoms with Crippen molar-refractivity contribution in [1.82, 2.24) is 0 Å². The summed E-state index contributed by atoms with van der Waals surface area (Å²) >= 11 is 3.62. The van der Waals surface area contributed by atoms with Crippen LogP contribution in [0.15, 0.2) is 22.7 Å². The normalized spacial score (nSPS) is 23.8. The van der Waals surface area contributed by atoms with Crippen LogP contribution in [-0.4, -0.2) is 25.4 Å². The largest absolute Gasteiger partial charge is 0.489 e. The van der Waals surface area contributed by atoms with Gasteiger partial charge < -0.3 is 15.2 Å². The van der Waals surface area contributed by atoms with Crippen molar-refractivity contribution in [2.24, 2.45) is 5.73 Å². The van der Waals surface area contributed by atoms with E-state index in [1.165, 1.54) is 5.56 Å². The van der Waals surface area contributed by atoms with Gasteiger partial charge in [0, 0.05) is 19.6 Å². The van der Waals surface area contributed by atoms with Crippen molar-refractivity contribution in [2.75, 3.05) is 7.11 Å². The van der Waals surface area contributed by atoms with Crippen LogP contribution in [0.3, 0.4) is 0 Å². The first-order valence-corrected chi connectivity index (χ1v) is 8.65. The lowest BCUT2D eigenvalue weighted by atomic mass is 9.94. The molecule has 0 radical (unpaired) electrons. The Morgan fingerprint density at radius 2 is 2.10 bits per heavy atom. The minimum Gasteiger partial charge on any atom is -0.489 e. The molecule has 3 unspecified atom stereocenters. The van der Waals surface area contributed by atoms with Crippen LogP contribution in [0, 0.1) is 0 Å². The molecule has 0 aliphatic heterocycles. The highest BCUT2D eigenvalue weighted by molar-refractivity contribution is 9.10. The number of para-hydroxylation sites is 1. The van der Waals surface area contributed by atoms with Crippen LogP contribution in [0.4, 0.5) is 0 Å². The maximum absolute atomic E-state index is 6.31. The Balaban J connectivity index is 2.10. The van der Waals surface area contributed by atoms with Gasteiger partial charge in [-0.05, 0) is 59.7 Å². The Morgan fingerprint density at radius 3 is 2.81 bits per heavy atom. The van der Waals surface area contributed by atoms with E-state index < -0.39 is 0 Å². The highest BCUT2D eigenvalue weighted by Gasteiger charge is 2.24. The van der Waals surface area contributed by atoms with Crippen LogP contribution in [0.5, 0.6) is 5.75 Å². The molecule has 1 aliphatic carbocycles. The molecule has 118 valence electrons. The van der Waals surface area contributed by atoms with Gasteiger partial charge >= 0.3 is 0 Å². The third kappa shape index (κ3) is 4.70. The molecule has 0 saturated heterocycles. The topological polar surface area (TPSA) is 44.5 Å². The predicted octanol–water partition coefficient (Wildman–Crippen LogP) is 4.07. The summed E-state index contributed by atoms with van der Waals surface area (Å²) in [6, 6.07) is 6.38. The monoisotopic (exact) mass is 355 g/mol. The summed E-state index contributed by atoms with van der Waals surface area (Å²) in [5.74, 6) is 0.961. The molecule has 1 aromatic carbocycles. The molecule has 1 aromatic rings. The zero-order chi connectivity index (χ0) is 15.2. The molecule has 2 N–H and O–H groups in total. The van der Waals surface area contributed by atoms with Crippen molar-refractivity contribution >= 4 is 15.9 Å². The molecule has 0 amide bonds. The summed E-state index contributed by atoms with van der Waals surface area (Å²) in [4.78, 5) is 0. The SMILES string of the molecule is CCC(N)Cc1cccc(Br)c1OC1CCCC(OC)C1. The van der Waals surface area contributed by atoms with E-state index in [0.717, 1.165) is 48.7 Å². The molecule has 0 bridgehead atoms. The quantitative estimate of drug-likeness (QED) is 0.836. The van der Waals surface area contributed by atoms with Gasteiger partial charge in [-0.3, -0.25) is 0 Å². The molecule has 0 spiro atoms. The third-order valence-corrected chi connectivity index (χ3v) is 4.88. The second-order valence-electron chi connectivity index (χ2n) is 5.86. The lowest BCUT2D eigenvalue weighted by Crippen LogP contribution is -2.30. The molecular formula is C17H26BrNO2. The second kappa shape index (κ2) is 8.16. The van der Waals surface area contributed by atoms with E-state index in [1.807, 2.05) is 12.1 Å². The maximum Gasteiger partial charge on any atom is 0.137 e. The zero-order valence-electron chi connectivity index (χ0n) is 13.0. The highest BCUT2D eigenvalue weighted by atomic mass is 79.9. The average molecular weight is 356 g/mol. The molecule has 3 nitrogen and oxygen atoms in total. The molecule has 1 aliphatic rings. The van der Waals surface area contributed by atoms with Crippen molar-refractivity contribution in [3.05, 3.63) is 28.2 Å². The summed E-state index contributed by atoms with van der Waals surface area (Å²) in [7, 11) is 1.79. The minimum atomic E-state index is 0.180. The zero-order valence-corrected chi connectivity index (χ0v) is 14.6. The number of methoxy groups -OCH3 is 1. The number of halogens is 1. The molecule has 1 saturated carbocycles. The summed E-state index contributed by atoms with van der Waals surface area (Å²) < 4.78 is 12.8. The van der Waals surface area contributed by atoms with Crippen LogP contribution in [0.1, 0.15) is 44.6 Å². The second-order valence-corrected chi connectivity index (χ2v) is 6.72. The molecule has 2 rings (SSSR count). The summed E-state index contributed by atoms with van der Waals surface area (Å²) in [5, 5.41) is 0. The first kappa shape index (κ1) is 16.8. The third-order valence-electron chi connectivity index (χ3n) is 4.25. The Labute approximate surface area is 136 Å². The van der Waals surface area contributed by atoms with Gasteiger partial charge in [0.1, 0.15) is 11.9 Å². The fraction of sp³-hybridized carbons (Fsp3) is 0.647. The first-order chi connectivity index (χ1) is 10.1. The van der Waals surface area contributed by atoms with E-state index in [4.69, 9.17) is 15.2 Å². The predicted molar refractivity (Wildman–Crippen MR) is 89.8 cm³/mol. The van der Waals surface area contributed by atoms with Gasteiger partial charge in [0.05, 0.1) is 10.6 Å². The number of hydrogen-bond donors (Lipinski definition) is 1. The first-order valence-electron chi connectivity index (χ1n) is 7.86. The average Bonchev–Trinajstić information content (AvgIpc) is 2.50. The Bertz CT molecular complexity index is 452. The summed E-state index contributed by atoms with van der Waals surface area (Å²) in [5.41, 5.74) is 7.30. The van der Waals surface area contributed by atoms with Gasteiger partial charge in [0.2, 0.25) is 0 Å². The highest BCUT2D eigenvalue weighted by Crippen LogP contribution is 2.34. The Hall–Kier alpha value is -0.580. The molecule has 3 atom stereocenters. The van der Waals surface area contributed by atoms with Crippen LogP contribution < -0.4 is 10.5 Å². The smallest absolute Gasteiger partial charge is 0.137 e. The summed E-state index contributed by atoms with van der Waals surface area (Å²) in [6.07, 6.45) is 6.76. The standard InChI is InChI=1S/C17H26BrNO2/c1-3-13(19)10-12-6-4-9-16(18)17(12)21-15-8-5-7-14(11-15)20-2/h4,6,9,13-15H,3,5,7-8,10-11,19H2,1-2H3. The number of ether oxygens (including phenoxy) is 2. The number of benzene rings is 1. The lowest BCUT2D eigenvalue weighted by Gasteiger charge is -2.30. The van der Waals surface area contributed by atoms with E-state index in [1.54, 1.807) is 7.11 Å². The molecule has 0 heterocycles. The van der Waals surface area contributed by atoms with E-state index in [2.05, 4.69) is 28.9 Å².